The molecule has 0 aliphatic heterocycles. The number of methoxy groups -OCH3 is 1. The number of halogens is 5. The lowest BCUT2D eigenvalue weighted by atomic mass is 10.1. The lowest BCUT2D eigenvalue weighted by Crippen LogP contribution is -2.35. The molecule has 0 radical (unpaired) electrons. The summed E-state index contributed by atoms with van der Waals surface area (Å²) in [5, 5.41) is 8.40. The minimum Gasteiger partial charge on any atom is -0.384 e. The first kappa shape index (κ1) is 12.6. The molecule has 2 nitrogen and oxygen atoms in total. The van der Waals surface area contributed by atoms with Gasteiger partial charge in [-0.15, -0.1) is 0 Å². The number of hydrogen-bond acceptors (Lipinski definition) is 2. The molecule has 0 heterocycles. The van der Waals surface area contributed by atoms with Gasteiger partial charge < -0.3 is 9.84 Å². The minimum absolute atomic E-state index is 0.861. The summed E-state index contributed by atoms with van der Waals surface area (Å²) in [5.74, 6) is 0. The average molecular weight is 208 g/mol. The first-order valence-corrected chi connectivity index (χ1v) is 3.34. The van der Waals surface area contributed by atoms with E-state index in [-0.39, 0.29) is 0 Å². The molecule has 0 spiro atoms. The number of ether oxygens (including phenoxy) is 1. The molecule has 0 aliphatic carbocycles. The Morgan fingerprint density at radius 3 is 2.00 bits per heavy atom. The van der Waals surface area contributed by atoms with Crippen LogP contribution >= 0.6 is 0 Å². The maximum absolute atomic E-state index is 11.8. The van der Waals surface area contributed by atoms with Crippen molar-refractivity contribution in [3.8, 4) is 0 Å². The topological polar surface area (TPSA) is 29.5 Å². The van der Waals surface area contributed by atoms with Crippen molar-refractivity contribution in [3.63, 3.8) is 0 Å². The SMILES string of the molecule is COC(CC(O)C(F)(F)F)C(F)F. The largest absolute Gasteiger partial charge is 0.414 e. The lowest BCUT2D eigenvalue weighted by Gasteiger charge is -2.19. The van der Waals surface area contributed by atoms with E-state index >= 15 is 0 Å². The number of aliphatic hydroxyl groups excluding tert-OH is 1. The smallest absolute Gasteiger partial charge is 0.384 e. The van der Waals surface area contributed by atoms with Crippen molar-refractivity contribution in [3.05, 3.63) is 0 Å². The van der Waals surface area contributed by atoms with Gasteiger partial charge in [0, 0.05) is 13.5 Å². The zero-order chi connectivity index (χ0) is 10.6. The first-order valence-electron chi connectivity index (χ1n) is 3.34. The van der Waals surface area contributed by atoms with E-state index in [1.165, 1.54) is 0 Å². The summed E-state index contributed by atoms with van der Waals surface area (Å²) in [7, 11) is 0.861. The Kier molecular flexibility index (Phi) is 4.55. The molecule has 0 fully saturated rings. The van der Waals surface area contributed by atoms with E-state index < -0.39 is 31.2 Å². The molecule has 0 amide bonds. The van der Waals surface area contributed by atoms with Gasteiger partial charge in [-0.3, -0.25) is 0 Å². The Balaban J connectivity index is 4.09. The first-order chi connectivity index (χ1) is 5.79. The predicted octanol–water partition coefficient (Wildman–Crippen LogP) is 1.58. The zero-order valence-electron chi connectivity index (χ0n) is 6.68. The average Bonchev–Trinajstić information content (AvgIpc) is 1.96. The number of hydrogen-bond donors (Lipinski definition) is 1. The fourth-order valence-electron chi connectivity index (χ4n) is 0.656. The Hall–Kier alpha value is -0.430. The fourth-order valence-corrected chi connectivity index (χ4v) is 0.656. The molecule has 0 rings (SSSR count). The van der Waals surface area contributed by atoms with Crippen molar-refractivity contribution >= 4 is 0 Å². The molecule has 80 valence electrons. The monoisotopic (exact) mass is 208 g/mol. The summed E-state index contributed by atoms with van der Waals surface area (Å²) < 4.78 is 62.7. The fraction of sp³-hybridized carbons (Fsp3) is 1.00. The van der Waals surface area contributed by atoms with Crippen LogP contribution < -0.4 is 0 Å². The van der Waals surface area contributed by atoms with Crippen molar-refractivity contribution in [1.82, 2.24) is 0 Å². The Labute approximate surface area is 71.3 Å². The van der Waals surface area contributed by atoms with Crippen molar-refractivity contribution in [1.29, 1.82) is 0 Å². The number of rotatable bonds is 4. The predicted molar refractivity (Wildman–Crippen MR) is 33.5 cm³/mol. The highest BCUT2D eigenvalue weighted by Crippen LogP contribution is 2.25. The van der Waals surface area contributed by atoms with Crippen molar-refractivity contribution in [2.45, 2.75) is 31.2 Å². The molecule has 0 aromatic heterocycles. The van der Waals surface area contributed by atoms with Gasteiger partial charge in [-0.05, 0) is 0 Å². The summed E-state index contributed by atoms with van der Waals surface area (Å²) in [4.78, 5) is 0. The van der Waals surface area contributed by atoms with Crippen LogP contribution in [0.5, 0.6) is 0 Å². The molecule has 0 saturated carbocycles. The number of aliphatic hydroxyl groups is 1. The van der Waals surface area contributed by atoms with Crippen LogP contribution in [0.1, 0.15) is 6.42 Å². The molecule has 0 aliphatic rings. The van der Waals surface area contributed by atoms with Crippen LogP contribution in [0.2, 0.25) is 0 Å². The minimum atomic E-state index is -4.88. The van der Waals surface area contributed by atoms with Crippen LogP contribution in [0.4, 0.5) is 22.0 Å². The third kappa shape index (κ3) is 4.37. The van der Waals surface area contributed by atoms with Crippen LogP contribution in [-0.2, 0) is 4.74 Å². The lowest BCUT2D eigenvalue weighted by molar-refractivity contribution is -0.216. The van der Waals surface area contributed by atoms with Crippen LogP contribution in [0.25, 0.3) is 0 Å². The second-order valence-electron chi connectivity index (χ2n) is 2.40. The van der Waals surface area contributed by atoms with E-state index in [1.807, 2.05) is 0 Å². The van der Waals surface area contributed by atoms with E-state index in [0.717, 1.165) is 7.11 Å². The highest BCUT2D eigenvalue weighted by molar-refractivity contribution is 4.72. The van der Waals surface area contributed by atoms with Crippen molar-refractivity contribution in [2.24, 2.45) is 0 Å². The second-order valence-corrected chi connectivity index (χ2v) is 2.40. The zero-order valence-corrected chi connectivity index (χ0v) is 6.68. The van der Waals surface area contributed by atoms with Gasteiger partial charge in [0.15, 0.2) is 6.10 Å². The van der Waals surface area contributed by atoms with E-state index in [1.54, 1.807) is 0 Å². The highest BCUT2D eigenvalue weighted by Gasteiger charge is 2.41. The van der Waals surface area contributed by atoms with E-state index in [2.05, 4.69) is 4.74 Å². The molecule has 0 bridgehead atoms. The van der Waals surface area contributed by atoms with E-state index in [0.29, 0.717) is 0 Å². The van der Waals surface area contributed by atoms with Gasteiger partial charge in [-0.1, -0.05) is 0 Å². The summed E-state index contributed by atoms with van der Waals surface area (Å²) in [5.41, 5.74) is 0. The molecule has 2 unspecified atom stereocenters. The Bertz CT molecular complexity index is 146. The summed E-state index contributed by atoms with van der Waals surface area (Å²) in [6, 6.07) is 0. The van der Waals surface area contributed by atoms with Gasteiger partial charge >= 0.3 is 6.18 Å². The van der Waals surface area contributed by atoms with Crippen LogP contribution in [-0.4, -0.2) is 37.0 Å². The van der Waals surface area contributed by atoms with Gasteiger partial charge in [0.05, 0.1) is 0 Å². The third-order valence-corrected chi connectivity index (χ3v) is 1.42. The van der Waals surface area contributed by atoms with Crippen molar-refractivity contribution in [2.75, 3.05) is 7.11 Å². The molecule has 7 heteroatoms. The van der Waals surface area contributed by atoms with Crippen LogP contribution in [0.15, 0.2) is 0 Å². The highest BCUT2D eigenvalue weighted by atomic mass is 19.4. The maximum Gasteiger partial charge on any atom is 0.414 e. The molecule has 0 aromatic carbocycles. The van der Waals surface area contributed by atoms with Gasteiger partial charge in [-0.25, -0.2) is 8.78 Å². The number of alkyl halides is 5. The standard InChI is InChI=1S/C6H9F5O2/c1-13-3(5(7)8)2-4(12)6(9,10)11/h3-5,12H,2H2,1H3. The summed E-state index contributed by atoms with van der Waals surface area (Å²) in [6.07, 6.45) is -13.7. The molecule has 0 aromatic rings. The summed E-state index contributed by atoms with van der Waals surface area (Å²) in [6.45, 7) is 0. The Morgan fingerprint density at radius 2 is 1.77 bits per heavy atom. The quantitative estimate of drug-likeness (QED) is 0.710. The normalized spacial score (nSPS) is 17.5. The van der Waals surface area contributed by atoms with E-state index in [9.17, 15) is 22.0 Å². The molecule has 0 saturated heterocycles. The van der Waals surface area contributed by atoms with Gasteiger partial charge in [0.25, 0.3) is 6.43 Å². The molecule has 1 N–H and O–H groups in total. The second kappa shape index (κ2) is 4.71. The molecular formula is C6H9F5O2. The van der Waals surface area contributed by atoms with E-state index in [4.69, 9.17) is 5.11 Å². The van der Waals surface area contributed by atoms with Gasteiger partial charge in [0.2, 0.25) is 0 Å². The van der Waals surface area contributed by atoms with Crippen LogP contribution in [0.3, 0.4) is 0 Å². The van der Waals surface area contributed by atoms with Crippen molar-refractivity contribution < 1.29 is 31.8 Å². The van der Waals surface area contributed by atoms with Gasteiger partial charge in [-0.2, -0.15) is 13.2 Å². The van der Waals surface area contributed by atoms with Gasteiger partial charge in [0.1, 0.15) is 6.10 Å². The maximum atomic E-state index is 11.8. The molecule has 2 atom stereocenters. The molecule has 13 heavy (non-hydrogen) atoms. The Morgan fingerprint density at radius 1 is 1.31 bits per heavy atom. The van der Waals surface area contributed by atoms with Crippen LogP contribution in [0, 0.1) is 0 Å². The molecular weight excluding hydrogens is 199 g/mol. The third-order valence-electron chi connectivity index (χ3n) is 1.42. The summed E-state index contributed by atoms with van der Waals surface area (Å²) >= 11 is 0.